The molecule has 1 saturated heterocycles. The van der Waals surface area contributed by atoms with Gasteiger partial charge in [-0.05, 0) is 59.3 Å². The molecule has 3 aromatic carbocycles. The summed E-state index contributed by atoms with van der Waals surface area (Å²) < 4.78 is 0. The summed E-state index contributed by atoms with van der Waals surface area (Å²) in [6.07, 6.45) is 7.45. The molecule has 0 saturated carbocycles. The Labute approximate surface area is 160 Å². The Hall–Kier alpha value is -2.71. The number of carbonyl (C=O) groups excluding carboxylic acids is 1. The van der Waals surface area contributed by atoms with Gasteiger partial charge in [-0.1, -0.05) is 72.8 Å². The van der Waals surface area contributed by atoms with Gasteiger partial charge in [-0.2, -0.15) is 0 Å². The third-order valence-corrected chi connectivity index (χ3v) is 5.40. The summed E-state index contributed by atoms with van der Waals surface area (Å²) >= 11 is 0. The van der Waals surface area contributed by atoms with E-state index in [2.05, 4.69) is 53.8 Å². The SMILES string of the molecule is O=C(C=Cc1cccc2ccccc12)CCc1ccccc1C1CCCN1. The maximum Gasteiger partial charge on any atom is 0.156 e. The molecule has 0 aliphatic carbocycles. The number of benzene rings is 3. The predicted octanol–water partition coefficient (Wildman–Crippen LogP) is 5.48. The van der Waals surface area contributed by atoms with E-state index in [9.17, 15) is 4.79 Å². The second-order valence-corrected chi connectivity index (χ2v) is 7.22. The van der Waals surface area contributed by atoms with Crippen LogP contribution in [0.5, 0.6) is 0 Å². The molecule has 1 fully saturated rings. The Balaban J connectivity index is 1.44. The molecule has 1 unspecified atom stereocenters. The number of hydrogen-bond donors (Lipinski definition) is 1. The number of aryl methyl sites for hydroxylation is 1. The van der Waals surface area contributed by atoms with E-state index in [1.807, 2.05) is 24.3 Å². The zero-order valence-electron chi connectivity index (χ0n) is 15.5. The van der Waals surface area contributed by atoms with Crippen molar-refractivity contribution in [2.75, 3.05) is 6.54 Å². The van der Waals surface area contributed by atoms with Crippen molar-refractivity contribution in [1.29, 1.82) is 0 Å². The van der Waals surface area contributed by atoms with E-state index in [4.69, 9.17) is 0 Å². The molecule has 1 heterocycles. The van der Waals surface area contributed by atoms with Gasteiger partial charge in [-0.25, -0.2) is 0 Å². The number of rotatable bonds is 6. The monoisotopic (exact) mass is 355 g/mol. The molecule has 1 aliphatic heterocycles. The van der Waals surface area contributed by atoms with Crippen molar-refractivity contribution in [3.8, 4) is 0 Å². The fraction of sp³-hybridized carbons (Fsp3) is 0.240. The normalized spacial score (nSPS) is 17.0. The molecular formula is C25H25NO. The summed E-state index contributed by atoms with van der Waals surface area (Å²) in [5.74, 6) is 0.178. The van der Waals surface area contributed by atoms with E-state index in [0.29, 0.717) is 12.5 Å². The Morgan fingerprint density at radius 1 is 1.00 bits per heavy atom. The summed E-state index contributed by atoms with van der Waals surface area (Å²) in [6, 6.07) is 23.5. The molecule has 1 atom stereocenters. The molecule has 0 aromatic heterocycles. The first-order chi connectivity index (χ1) is 13.3. The Bertz CT molecular complexity index is 961. The largest absolute Gasteiger partial charge is 0.310 e. The van der Waals surface area contributed by atoms with Crippen LogP contribution in [0.3, 0.4) is 0 Å². The fourth-order valence-corrected chi connectivity index (χ4v) is 3.97. The van der Waals surface area contributed by atoms with E-state index in [1.165, 1.54) is 34.7 Å². The van der Waals surface area contributed by atoms with Gasteiger partial charge in [-0.15, -0.1) is 0 Å². The van der Waals surface area contributed by atoms with E-state index >= 15 is 0 Å². The minimum atomic E-state index is 0.178. The van der Waals surface area contributed by atoms with E-state index in [0.717, 1.165) is 18.5 Å². The molecule has 1 aliphatic rings. The molecule has 1 N–H and O–H groups in total. The lowest BCUT2D eigenvalue weighted by Crippen LogP contribution is -2.15. The molecule has 2 heteroatoms. The number of allylic oxidation sites excluding steroid dienone is 1. The second-order valence-electron chi connectivity index (χ2n) is 7.22. The lowest BCUT2D eigenvalue weighted by Gasteiger charge is -2.15. The minimum absolute atomic E-state index is 0.178. The topological polar surface area (TPSA) is 29.1 Å². The highest BCUT2D eigenvalue weighted by Crippen LogP contribution is 2.27. The van der Waals surface area contributed by atoms with Gasteiger partial charge in [0.05, 0.1) is 0 Å². The Morgan fingerprint density at radius 3 is 2.70 bits per heavy atom. The lowest BCUT2D eigenvalue weighted by molar-refractivity contribution is -0.114. The average Bonchev–Trinajstić information content (AvgIpc) is 3.25. The van der Waals surface area contributed by atoms with Crippen LogP contribution < -0.4 is 5.32 Å². The van der Waals surface area contributed by atoms with Crippen LogP contribution in [0.25, 0.3) is 16.8 Å². The summed E-state index contributed by atoms with van der Waals surface area (Å²) in [6.45, 7) is 1.09. The van der Waals surface area contributed by atoms with E-state index < -0.39 is 0 Å². The van der Waals surface area contributed by atoms with E-state index in [-0.39, 0.29) is 5.78 Å². The third-order valence-electron chi connectivity index (χ3n) is 5.40. The highest BCUT2D eigenvalue weighted by Gasteiger charge is 2.18. The second kappa shape index (κ2) is 8.32. The van der Waals surface area contributed by atoms with Crippen LogP contribution in [0.4, 0.5) is 0 Å². The van der Waals surface area contributed by atoms with E-state index in [1.54, 1.807) is 6.08 Å². The molecule has 136 valence electrons. The maximum absolute atomic E-state index is 12.5. The predicted molar refractivity (Wildman–Crippen MR) is 113 cm³/mol. The quantitative estimate of drug-likeness (QED) is 0.593. The van der Waals surface area contributed by atoms with Crippen molar-refractivity contribution in [3.63, 3.8) is 0 Å². The van der Waals surface area contributed by atoms with Gasteiger partial charge in [0, 0.05) is 12.5 Å². The Kier molecular flexibility index (Phi) is 5.45. The average molecular weight is 355 g/mol. The van der Waals surface area contributed by atoms with Gasteiger partial charge in [0.2, 0.25) is 0 Å². The van der Waals surface area contributed by atoms with Gasteiger partial charge >= 0.3 is 0 Å². The zero-order chi connectivity index (χ0) is 18.5. The summed E-state index contributed by atoms with van der Waals surface area (Å²) in [7, 11) is 0. The summed E-state index contributed by atoms with van der Waals surface area (Å²) in [5.41, 5.74) is 3.75. The molecule has 3 aromatic rings. The zero-order valence-corrected chi connectivity index (χ0v) is 15.5. The highest BCUT2D eigenvalue weighted by atomic mass is 16.1. The molecule has 0 radical (unpaired) electrons. The summed E-state index contributed by atoms with van der Waals surface area (Å²) in [4.78, 5) is 12.5. The molecule has 2 nitrogen and oxygen atoms in total. The first-order valence-corrected chi connectivity index (χ1v) is 9.81. The standard InChI is InChI=1S/C25H25NO/c27-22(16-14-20-10-5-9-19-7-1-3-11-23(19)20)17-15-21-8-2-4-12-24(21)25-13-6-18-26-25/h1-5,7-12,14,16,25-26H,6,13,15,17-18H2. The molecule has 4 rings (SSSR count). The van der Waals surface area contributed by atoms with Crippen LogP contribution >= 0.6 is 0 Å². The van der Waals surface area contributed by atoms with Crippen molar-refractivity contribution in [3.05, 3.63) is 89.5 Å². The number of ketones is 1. The first-order valence-electron chi connectivity index (χ1n) is 9.81. The number of fused-ring (bicyclic) bond motifs is 1. The van der Waals surface area contributed by atoms with Crippen LogP contribution in [0.1, 0.15) is 42.0 Å². The fourth-order valence-electron chi connectivity index (χ4n) is 3.97. The lowest BCUT2D eigenvalue weighted by atomic mass is 9.95. The minimum Gasteiger partial charge on any atom is -0.310 e. The van der Waals surface area contributed by atoms with Crippen molar-refractivity contribution < 1.29 is 4.79 Å². The molecular weight excluding hydrogens is 330 g/mol. The van der Waals surface area contributed by atoms with Crippen LogP contribution in [0, 0.1) is 0 Å². The number of carbonyl (C=O) groups is 1. The summed E-state index contributed by atoms with van der Waals surface area (Å²) in [5, 5.41) is 5.95. The van der Waals surface area contributed by atoms with Crippen molar-refractivity contribution in [2.45, 2.75) is 31.7 Å². The molecule has 0 amide bonds. The highest BCUT2D eigenvalue weighted by molar-refractivity contribution is 5.97. The van der Waals surface area contributed by atoms with Crippen LogP contribution in [0.15, 0.2) is 72.8 Å². The first kappa shape index (κ1) is 17.7. The van der Waals surface area contributed by atoms with Gasteiger partial charge in [0.25, 0.3) is 0 Å². The molecule has 27 heavy (non-hydrogen) atoms. The maximum atomic E-state index is 12.5. The smallest absolute Gasteiger partial charge is 0.156 e. The van der Waals surface area contributed by atoms with Crippen molar-refractivity contribution in [2.24, 2.45) is 0 Å². The van der Waals surface area contributed by atoms with Gasteiger partial charge in [0.1, 0.15) is 0 Å². The van der Waals surface area contributed by atoms with Crippen LogP contribution in [-0.2, 0) is 11.2 Å². The number of nitrogens with one attached hydrogen (secondary N) is 1. The van der Waals surface area contributed by atoms with Crippen molar-refractivity contribution in [1.82, 2.24) is 5.32 Å². The van der Waals surface area contributed by atoms with Crippen molar-refractivity contribution >= 4 is 22.6 Å². The van der Waals surface area contributed by atoms with Gasteiger partial charge in [0.15, 0.2) is 5.78 Å². The molecule has 0 bridgehead atoms. The van der Waals surface area contributed by atoms with Crippen LogP contribution in [0.2, 0.25) is 0 Å². The third kappa shape index (κ3) is 4.17. The van der Waals surface area contributed by atoms with Crippen LogP contribution in [-0.4, -0.2) is 12.3 Å². The van der Waals surface area contributed by atoms with Gasteiger partial charge < -0.3 is 5.32 Å². The Morgan fingerprint density at radius 2 is 1.81 bits per heavy atom. The number of hydrogen-bond acceptors (Lipinski definition) is 2. The molecule has 0 spiro atoms. The van der Waals surface area contributed by atoms with Gasteiger partial charge in [-0.3, -0.25) is 4.79 Å².